The molecule has 1 aromatic carbocycles. The number of rotatable bonds is 3. The lowest BCUT2D eigenvalue weighted by molar-refractivity contribution is -0.768. The first-order valence-corrected chi connectivity index (χ1v) is 8.63. The number of allylic oxidation sites excluding steroid dienone is 1. The molecule has 25 heavy (non-hydrogen) atoms. The van der Waals surface area contributed by atoms with E-state index in [0.29, 0.717) is 24.6 Å². The summed E-state index contributed by atoms with van der Waals surface area (Å²) in [5.41, 5.74) is 0.206. The minimum Gasteiger partial charge on any atom is -0.206 e. The van der Waals surface area contributed by atoms with Gasteiger partial charge in [-0.15, -0.1) is 6.58 Å². The lowest BCUT2D eigenvalue weighted by Crippen LogP contribution is -2.69. The molecule has 0 amide bonds. The van der Waals surface area contributed by atoms with E-state index < -0.39 is 28.4 Å². The molecule has 2 unspecified atom stereocenters. The zero-order valence-electron chi connectivity index (χ0n) is 15.1. The van der Waals surface area contributed by atoms with Crippen LogP contribution in [0.4, 0.5) is 13.2 Å². The number of fused-ring (bicyclic) bond motifs is 3. The van der Waals surface area contributed by atoms with Crippen LogP contribution >= 0.6 is 0 Å². The first-order valence-electron chi connectivity index (χ1n) is 8.63. The van der Waals surface area contributed by atoms with Gasteiger partial charge in [0.05, 0.1) is 11.0 Å². The summed E-state index contributed by atoms with van der Waals surface area (Å²) in [6.07, 6.45) is 2.81. The van der Waals surface area contributed by atoms with Gasteiger partial charge in [-0.2, -0.15) is 4.57 Å². The van der Waals surface area contributed by atoms with Crippen molar-refractivity contribution in [3.8, 4) is 11.3 Å². The monoisotopic (exact) mass is 346 g/mol. The molecule has 0 radical (unpaired) electrons. The summed E-state index contributed by atoms with van der Waals surface area (Å²) in [5.74, 6) is -2.88. The summed E-state index contributed by atoms with van der Waals surface area (Å²) in [5, 5.41) is 0. The van der Waals surface area contributed by atoms with Crippen LogP contribution < -0.4 is 4.57 Å². The van der Waals surface area contributed by atoms with E-state index in [4.69, 9.17) is 0 Å². The molecule has 0 N–H and O–H groups in total. The Hall–Kier alpha value is -2.10. The topological polar surface area (TPSA) is 3.88 Å². The fraction of sp³-hybridized carbons (Fsp3) is 0.381. The summed E-state index contributed by atoms with van der Waals surface area (Å²) in [4.78, 5) is 0. The van der Waals surface area contributed by atoms with Crippen molar-refractivity contribution in [2.45, 2.75) is 51.5 Å². The van der Waals surface area contributed by atoms with Crippen molar-refractivity contribution in [1.29, 1.82) is 0 Å². The lowest BCUT2D eigenvalue weighted by atomic mass is 9.59. The predicted octanol–water partition coefficient (Wildman–Crippen LogP) is 5.34. The zero-order chi connectivity index (χ0) is 18.6. The number of aromatic nitrogens is 1. The summed E-state index contributed by atoms with van der Waals surface area (Å²) < 4.78 is 46.0. The van der Waals surface area contributed by atoms with Crippen LogP contribution in [0.2, 0.25) is 0 Å². The molecule has 3 rings (SSSR count). The van der Waals surface area contributed by atoms with Crippen LogP contribution in [-0.4, -0.2) is 0 Å². The van der Waals surface area contributed by atoms with Crippen molar-refractivity contribution in [1.82, 2.24) is 0 Å². The Balaban J connectivity index is 2.64. The molecule has 0 aliphatic carbocycles. The number of hydrogen-bond acceptors (Lipinski definition) is 0. The van der Waals surface area contributed by atoms with Gasteiger partial charge in [0.1, 0.15) is 5.82 Å². The van der Waals surface area contributed by atoms with Gasteiger partial charge < -0.3 is 0 Å². The first kappa shape index (κ1) is 17.7. The number of benzene rings is 1. The molecule has 0 saturated heterocycles. The number of halogens is 3. The van der Waals surface area contributed by atoms with E-state index in [1.54, 1.807) is 12.1 Å². The van der Waals surface area contributed by atoms with Gasteiger partial charge in [0.25, 0.3) is 0 Å². The molecule has 1 aliphatic heterocycles. The van der Waals surface area contributed by atoms with Gasteiger partial charge in [0.15, 0.2) is 22.9 Å². The summed E-state index contributed by atoms with van der Waals surface area (Å²) in [6.45, 7) is 11.8. The van der Waals surface area contributed by atoms with Crippen molar-refractivity contribution in [3.63, 3.8) is 0 Å². The van der Waals surface area contributed by atoms with Crippen molar-refractivity contribution >= 4 is 0 Å². The SMILES string of the molecule is C=CC1(CC)c2c(F)c(F)cc(F)c2-c2cccc(C)[n+]2C1(C)CC. The molecule has 0 saturated carbocycles. The second-order valence-electron chi connectivity index (χ2n) is 6.95. The van der Waals surface area contributed by atoms with E-state index in [1.807, 2.05) is 39.8 Å². The van der Waals surface area contributed by atoms with Crippen molar-refractivity contribution in [2.24, 2.45) is 0 Å². The quantitative estimate of drug-likeness (QED) is 0.401. The molecular weight excluding hydrogens is 323 g/mol. The molecule has 0 bridgehead atoms. The average Bonchev–Trinajstić information content (AvgIpc) is 2.59. The molecular formula is C21H23F3N+. The van der Waals surface area contributed by atoms with Crippen LogP contribution in [-0.2, 0) is 11.0 Å². The van der Waals surface area contributed by atoms with Crippen LogP contribution in [0.5, 0.6) is 0 Å². The third-order valence-electron chi connectivity index (χ3n) is 6.11. The largest absolute Gasteiger partial charge is 0.216 e. The molecule has 0 spiro atoms. The zero-order valence-corrected chi connectivity index (χ0v) is 15.1. The van der Waals surface area contributed by atoms with Gasteiger partial charge >= 0.3 is 0 Å². The Morgan fingerprint density at radius 3 is 2.36 bits per heavy atom. The molecule has 2 aromatic rings. The van der Waals surface area contributed by atoms with Crippen LogP contribution in [0, 0.1) is 24.4 Å². The molecule has 2 atom stereocenters. The fourth-order valence-electron chi connectivity index (χ4n) is 4.70. The molecule has 0 fully saturated rings. The Labute approximate surface area is 146 Å². The normalized spacial score (nSPS) is 24.6. The number of pyridine rings is 1. The Kier molecular flexibility index (Phi) is 4.05. The summed E-state index contributed by atoms with van der Waals surface area (Å²) in [6, 6.07) is 6.17. The maximum absolute atomic E-state index is 15.0. The van der Waals surface area contributed by atoms with Crippen LogP contribution in [0.15, 0.2) is 36.9 Å². The van der Waals surface area contributed by atoms with Gasteiger partial charge in [-0.05, 0) is 12.5 Å². The van der Waals surface area contributed by atoms with Crippen molar-refractivity contribution < 1.29 is 17.7 Å². The fourth-order valence-corrected chi connectivity index (χ4v) is 4.70. The standard InChI is InChI=1S/C21H23F3N/c1-6-20(5)21(7-2,8-3)18-17(14(22)12-15(23)19(18)24)16-11-9-10-13(4)25(16)20/h7,9-12H,2,6,8H2,1,3-5H3/q+1. The number of aryl methyl sites for hydroxylation is 1. The molecule has 1 aromatic heterocycles. The van der Waals surface area contributed by atoms with E-state index in [1.165, 1.54) is 0 Å². The predicted molar refractivity (Wildman–Crippen MR) is 92.8 cm³/mol. The number of nitrogens with zero attached hydrogens (tertiary/aromatic N) is 1. The second-order valence-corrected chi connectivity index (χ2v) is 6.95. The van der Waals surface area contributed by atoms with E-state index in [2.05, 4.69) is 11.1 Å². The molecule has 1 nitrogen and oxygen atoms in total. The molecule has 4 heteroatoms. The van der Waals surface area contributed by atoms with Crippen LogP contribution in [0.3, 0.4) is 0 Å². The van der Waals surface area contributed by atoms with Gasteiger partial charge in [-0.3, -0.25) is 0 Å². The van der Waals surface area contributed by atoms with E-state index in [9.17, 15) is 8.78 Å². The third kappa shape index (κ3) is 2.00. The highest BCUT2D eigenvalue weighted by molar-refractivity contribution is 5.68. The van der Waals surface area contributed by atoms with E-state index >= 15 is 4.39 Å². The maximum atomic E-state index is 15.0. The maximum Gasteiger partial charge on any atom is 0.216 e. The first-order chi connectivity index (χ1) is 11.8. The van der Waals surface area contributed by atoms with Crippen molar-refractivity contribution in [3.05, 3.63) is 65.6 Å². The highest BCUT2D eigenvalue weighted by atomic mass is 19.2. The Morgan fingerprint density at radius 2 is 1.80 bits per heavy atom. The van der Waals surface area contributed by atoms with E-state index in [-0.39, 0.29) is 11.1 Å². The van der Waals surface area contributed by atoms with Gasteiger partial charge in [-0.25, -0.2) is 13.2 Å². The second kappa shape index (κ2) is 5.72. The molecule has 2 heterocycles. The summed E-state index contributed by atoms with van der Waals surface area (Å²) >= 11 is 0. The Bertz CT molecular complexity index is 874. The highest BCUT2D eigenvalue weighted by Gasteiger charge is 2.60. The average molecular weight is 346 g/mol. The van der Waals surface area contributed by atoms with Crippen LogP contribution in [0.1, 0.15) is 44.9 Å². The minimum absolute atomic E-state index is 0.0810. The minimum atomic E-state index is -1.16. The molecule has 132 valence electrons. The van der Waals surface area contributed by atoms with Crippen molar-refractivity contribution in [2.75, 3.05) is 0 Å². The highest BCUT2D eigenvalue weighted by Crippen LogP contribution is 2.52. The smallest absolute Gasteiger partial charge is 0.206 e. The Morgan fingerprint density at radius 1 is 1.12 bits per heavy atom. The molecule has 1 aliphatic rings. The number of hydrogen-bond donors (Lipinski definition) is 0. The van der Waals surface area contributed by atoms with Gasteiger partial charge in [-0.1, -0.05) is 19.9 Å². The lowest BCUT2D eigenvalue weighted by Gasteiger charge is -2.47. The van der Waals surface area contributed by atoms with Gasteiger partial charge in [0, 0.05) is 44.0 Å². The third-order valence-corrected chi connectivity index (χ3v) is 6.11. The van der Waals surface area contributed by atoms with Crippen LogP contribution in [0.25, 0.3) is 11.3 Å². The summed E-state index contributed by atoms with van der Waals surface area (Å²) in [7, 11) is 0. The van der Waals surface area contributed by atoms with Gasteiger partial charge in [0.2, 0.25) is 5.69 Å². The van der Waals surface area contributed by atoms with E-state index in [0.717, 1.165) is 5.69 Å².